The van der Waals surface area contributed by atoms with Crippen LogP contribution in [0.25, 0.3) is 0 Å². The molecule has 27 heavy (non-hydrogen) atoms. The molecular weight excluding hydrogens is 385 g/mol. The van der Waals surface area contributed by atoms with E-state index in [9.17, 15) is 4.79 Å². The number of rotatable bonds is 2. The summed E-state index contributed by atoms with van der Waals surface area (Å²) in [5.41, 5.74) is 0.904. The van der Waals surface area contributed by atoms with Gasteiger partial charge < -0.3 is 15.0 Å². The number of hydrogen-bond acceptors (Lipinski definition) is 4. The molecule has 0 saturated carbocycles. The summed E-state index contributed by atoms with van der Waals surface area (Å²) in [6.07, 6.45) is 4.55. The van der Waals surface area contributed by atoms with Crippen LogP contribution in [0.3, 0.4) is 0 Å². The highest BCUT2D eigenvalue weighted by atomic mass is 35.5. The Balaban J connectivity index is 0.00000131. The molecule has 5 nitrogen and oxygen atoms in total. The van der Waals surface area contributed by atoms with Crippen LogP contribution in [-0.4, -0.2) is 73.2 Å². The number of hydrogen-bond donors (Lipinski definition) is 1. The molecule has 4 rings (SSSR count). The molecule has 3 saturated heterocycles. The smallest absolute Gasteiger partial charge is 0.253 e. The molecule has 0 aliphatic carbocycles. The number of piperazine rings is 1. The topological polar surface area (TPSA) is 44.8 Å². The Morgan fingerprint density at radius 1 is 1.04 bits per heavy atom. The van der Waals surface area contributed by atoms with Crippen molar-refractivity contribution in [2.24, 2.45) is 0 Å². The van der Waals surface area contributed by atoms with E-state index in [1.807, 2.05) is 35.2 Å². The van der Waals surface area contributed by atoms with Crippen molar-refractivity contribution in [3.63, 3.8) is 0 Å². The predicted molar refractivity (Wildman–Crippen MR) is 112 cm³/mol. The summed E-state index contributed by atoms with van der Waals surface area (Å²) in [6.45, 7) is 6.67. The van der Waals surface area contributed by atoms with Crippen molar-refractivity contribution in [1.82, 2.24) is 15.1 Å². The predicted octanol–water partition coefficient (Wildman–Crippen LogP) is 2.59. The Kier molecular flexibility index (Phi) is 8.38. The van der Waals surface area contributed by atoms with Crippen LogP contribution in [0.2, 0.25) is 0 Å². The standard InChI is InChI=1S/C20H29N3O2.2ClH/c24-19(17-4-2-1-3-5-17)23-13-11-22(12-14-23)18-6-15-25-20(16-18)7-9-21-10-8-20;;/h1-5,18,21H,6-16H2;2*1H. The monoisotopic (exact) mass is 415 g/mol. The number of amides is 1. The van der Waals surface area contributed by atoms with Gasteiger partial charge in [-0.05, 0) is 50.9 Å². The van der Waals surface area contributed by atoms with E-state index >= 15 is 0 Å². The zero-order valence-corrected chi connectivity index (χ0v) is 17.4. The van der Waals surface area contributed by atoms with Gasteiger partial charge in [0.05, 0.1) is 5.60 Å². The number of carbonyl (C=O) groups excluding carboxylic acids is 1. The average Bonchev–Trinajstić information content (AvgIpc) is 2.69. The van der Waals surface area contributed by atoms with Gasteiger partial charge in [0.25, 0.3) is 5.91 Å². The van der Waals surface area contributed by atoms with E-state index in [-0.39, 0.29) is 36.3 Å². The van der Waals surface area contributed by atoms with Gasteiger partial charge in [0.2, 0.25) is 0 Å². The Bertz CT molecular complexity index is 583. The fourth-order valence-electron chi connectivity index (χ4n) is 4.60. The Hall–Kier alpha value is -0.850. The summed E-state index contributed by atoms with van der Waals surface area (Å²) >= 11 is 0. The van der Waals surface area contributed by atoms with Crippen molar-refractivity contribution in [3.8, 4) is 0 Å². The number of benzene rings is 1. The Labute approximate surface area is 174 Å². The molecule has 7 heteroatoms. The summed E-state index contributed by atoms with van der Waals surface area (Å²) in [7, 11) is 0. The van der Waals surface area contributed by atoms with Gasteiger partial charge >= 0.3 is 0 Å². The molecule has 152 valence electrons. The summed E-state index contributed by atoms with van der Waals surface area (Å²) in [5, 5.41) is 3.45. The van der Waals surface area contributed by atoms with Crippen LogP contribution in [0, 0.1) is 0 Å². The van der Waals surface area contributed by atoms with Gasteiger partial charge in [0, 0.05) is 44.4 Å². The van der Waals surface area contributed by atoms with E-state index < -0.39 is 0 Å². The number of carbonyl (C=O) groups is 1. The van der Waals surface area contributed by atoms with Crippen LogP contribution < -0.4 is 5.32 Å². The van der Waals surface area contributed by atoms with Crippen LogP contribution in [0.5, 0.6) is 0 Å². The SMILES string of the molecule is Cl.Cl.O=C(c1ccccc1)N1CCN(C2CCOC3(CCNCC3)C2)CC1. The summed E-state index contributed by atoms with van der Waals surface area (Å²) in [5.74, 6) is 0.169. The van der Waals surface area contributed by atoms with Crippen LogP contribution >= 0.6 is 24.8 Å². The first-order valence-corrected chi connectivity index (χ1v) is 9.69. The maximum absolute atomic E-state index is 12.6. The normalized spacial score (nSPS) is 25.3. The molecule has 0 bridgehead atoms. The lowest BCUT2D eigenvalue weighted by Gasteiger charge is -2.48. The van der Waals surface area contributed by atoms with E-state index in [0.29, 0.717) is 6.04 Å². The molecule has 1 aromatic rings. The number of nitrogens with zero attached hydrogens (tertiary/aromatic N) is 2. The van der Waals surface area contributed by atoms with Gasteiger partial charge in [0.1, 0.15) is 0 Å². The van der Waals surface area contributed by atoms with Gasteiger partial charge in [-0.1, -0.05) is 18.2 Å². The lowest BCUT2D eigenvalue weighted by molar-refractivity contribution is -0.123. The van der Waals surface area contributed by atoms with Gasteiger partial charge in [0.15, 0.2) is 0 Å². The number of halogens is 2. The fourth-order valence-corrected chi connectivity index (χ4v) is 4.60. The lowest BCUT2D eigenvalue weighted by Crippen LogP contribution is -2.57. The Morgan fingerprint density at radius 2 is 1.70 bits per heavy atom. The molecule has 1 unspecified atom stereocenters. The highest BCUT2D eigenvalue weighted by Crippen LogP contribution is 2.35. The van der Waals surface area contributed by atoms with E-state index in [1.54, 1.807) is 0 Å². The van der Waals surface area contributed by atoms with Gasteiger partial charge in [-0.2, -0.15) is 0 Å². The highest BCUT2D eigenvalue weighted by Gasteiger charge is 2.40. The van der Waals surface area contributed by atoms with Crippen molar-refractivity contribution in [3.05, 3.63) is 35.9 Å². The summed E-state index contributed by atoms with van der Waals surface area (Å²) in [4.78, 5) is 17.2. The molecule has 3 aliphatic heterocycles. The van der Waals surface area contributed by atoms with Crippen LogP contribution in [0.15, 0.2) is 30.3 Å². The number of nitrogens with one attached hydrogen (secondary N) is 1. The Morgan fingerprint density at radius 3 is 2.37 bits per heavy atom. The van der Waals surface area contributed by atoms with E-state index in [2.05, 4.69) is 10.2 Å². The first kappa shape index (κ1) is 22.4. The van der Waals surface area contributed by atoms with E-state index in [0.717, 1.165) is 77.1 Å². The minimum Gasteiger partial charge on any atom is -0.375 e. The van der Waals surface area contributed by atoms with E-state index in [1.165, 1.54) is 0 Å². The largest absolute Gasteiger partial charge is 0.375 e. The molecule has 1 spiro atoms. The third-order valence-corrected chi connectivity index (χ3v) is 6.12. The maximum Gasteiger partial charge on any atom is 0.253 e. The molecule has 0 aromatic heterocycles. The summed E-state index contributed by atoms with van der Waals surface area (Å²) in [6, 6.07) is 10.3. The maximum atomic E-state index is 12.6. The molecule has 3 aliphatic rings. The third-order valence-electron chi connectivity index (χ3n) is 6.12. The van der Waals surface area contributed by atoms with Crippen molar-refractivity contribution in [2.75, 3.05) is 45.9 Å². The second-order valence-electron chi connectivity index (χ2n) is 7.62. The highest BCUT2D eigenvalue weighted by molar-refractivity contribution is 5.94. The lowest BCUT2D eigenvalue weighted by atomic mass is 9.82. The van der Waals surface area contributed by atoms with E-state index in [4.69, 9.17) is 4.74 Å². The van der Waals surface area contributed by atoms with Gasteiger partial charge in [-0.25, -0.2) is 0 Å². The number of piperidine rings is 1. The second-order valence-corrected chi connectivity index (χ2v) is 7.62. The zero-order chi connectivity index (χ0) is 17.1. The van der Waals surface area contributed by atoms with Crippen LogP contribution in [0.4, 0.5) is 0 Å². The zero-order valence-electron chi connectivity index (χ0n) is 15.8. The van der Waals surface area contributed by atoms with Gasteiger partial charge in [-0.3, -0.25) is 9.69 Å². The van der Waals surface area contributed by atoms with Crippen molar-refractivity contribution in [1.29, 1.82) is 0 Å². The molecule has 3 heterocycles. The molecule has 0 radical (unpaired) electrons. The summed E-state index contributed by atoms with van der Waals surface area (Å²) < 4.78 is 6.21. The number of ether oxygens (including phenoxy) is 1. The average molecular weight is 416 g/mol. The molecular formula is C20H31Cl2N3O2. The molecule has 1 atom stereocenters. The van der Waals surface area contributed by atoms with Crippen molar-refractivity contribution in [2.45, 2.75) is 37.3 Å². The van der Waals surface area contributed by atoms with Crippen LogP contribution in [-0.2, 0) is 4.74 Å². The molecule has 1 amide bonds. The second kappa shape index (κ2) is 10.1. The molecule has 3 fully saturated rings. The minimum absolute atomic E-state index is 0. The molecule has 1 aromatic carbocycles. The third kappa shape index (κ3) is 5.15. The quantitative estimate of drug-likeness (QED) is 0.805. The molecule has 1 N–H and O–H groups in total. The first-order valence-electron chi connectivity index (χ1n) is 9.69. The minimum atomic E-state index is 0. The van der Waals surface area contributed by atoms with Gasteiger partial charge in [-0.15, -0.1) is 24.8 Å². The van der Waals surface area contributed by atoms with Crippen molar-refractivity contribution >= 4 is 30.7 Å². The van der Waals surface area contributed by atoms with Crippen molar-refractivity contribution < 1.29 is 9.53 Å². The van der Waals surface area contributed by atoms with Crippen LogP contribution in [0.1, 0.15) is 36.0 Å². The first-order chi connectivity index (χ1) is 12.3. The fraction of sp³-hybridized carbons (Fsp3) is 0.650.